The highest BCUT2D eigenvalue weighted by Gasteiger charge is 2.50. The van der Waals surface area contributed by atoms with Gasteiger partial charge in [-0.1, -0.05) is 27.2 Å². The van der Waals surface area contributed by atoms with Gasteiger partial charge in [0.15, 0.2) is 6.29 Å². The minimum atomic E-state index is -0.571. The lowest BCUT2D eigenvalue weighted by molar-refractivity contribution is -0.272. The van der Waals surface area contributed by atoms with E-state index < -0.39 is 18.4 Å². The smallest absolute Gasteiger partial charge is 0.175 e. The topological polar surface area (TPSA) is 145 Å². The van der Waals surface area contributed by atoms with Gasteiger partial charge in [0.25, 0.3) is 0 Å². The molecule has 11 unspecified atom stereocenters. The van der Waals surface area contributed by atoms with E-state index in [4.69, 9.17) is 35.8 Å². The quantitative estimate of drug-likeness (QED) is 0.179. The van der Waals surface area contributed by atoms with E-state index in [1.54, 1.807) is 0 Å². The molecular formula is C28H52N4O5. The van der Waals surface area contributed by atoms with Crippen molar-refractivity contribution in [3.63, 3.8) is 0 Å². The van der Waals surface area contributed by atoms with Gasteiger partial charge in [-0.15, -0.1) is 0 Å². The van der Waals surface area contributed by atoms with Crippen molar-refractivity contribution < 1.29 is 24.1 Å². The van der Waals surface area contributed by atoms with Crippen molar-refractivity contribution in [3.05, 3.63) is 0 Å². The summed E-state index contributed by atoms with van der Waals surface area (Å²) >= 11 is 0. The minimum Gasteiger partial charge on any atom is -0.391 e. The Hall–Kier alpha value is -0.940. The van der Waals surface area contributed by atoms with Gasteiger partial charge in [0.2, 0.25) is 0 Å². The number of hydrogen-bond donors (Lipinski definition) is 4. The fraction of sp³-hybridized carbons (Fsp3) is 0.929. The summed E-state index contributed by atoms with van der Waals surface area (Å²) in [6, 6.07) is -0.513. The molecule has 0 amide bonds. The van der Waals surface area contributed by atoms with Gasteiger partial charge in [-0.2, -0.15) is 0 Å². The predicted molar refractivity (Wildman–Crippen MR) is 146 cm³/mol. The first-order valence-corrected chi connectivity index (χ1v) is 14.5. The SMILES string of the molecule is CCCC1C(CCOCCOC2OC3CCC3C(O)C2N)C(C)C(C(C)C=NCOCC)C1C(=N)CN. The summed E-state index contributed by atoms with van der Waals surface area (Å²) in [6.07, 6.45) is 6.02. The number of nitrogens with zero attached hydrogens (tertiary/aromatic N) is 1. The Morgan fingerprint density at radius 3 is 2.59 bits per heavy atom. The van der Waals surface area contributed by atoms with Crippen molar-refractivity contribution >= 4 is 11.9 Å². The molecule has 37 heavy (non-hydrogen) atoms. The summed E-state index contributed by atoms with van der Waals surface area (Å²) in [4.78, 5) is 4.49. The van der Waals surface area contributed by atoms with Gasteiger partial charge in [0.1, 0.15) is 6.73 Å². The summed E-state index contributed by atoms with van der Waals surface area (Å²) in [7, 11) is 0. The number of hydrogen-bond acceptors (Lipinski definition) is 9. The number of nitrogens with one attached hydrogen (secondary N) is 1. The third-order valence-electron chi connectivity index (χ3n) is 9.09. The van der Waals surface area contributed by atoms with Gasteiger partial charge in [-0.25, -0.2) is 0 Å². The standard InChI is InChI=1S/C28H52N4O5/c1-5-7-20-19(18(4)24(25(20)22(30)14-29)17(3)15-32-16-34-6-2)10-11-35-12-13-36-28-26(31)27(33)21-8-9-23(21)37-28/h15,17-21,23-28,30,33H,5-14,16,29,31H2,1-4H3. The van der Waals surface area contributed by atoms with Crippen LogP contribution in [-0.4, -0.2) is 81.3 Å². The molecule has 9 heteroatoms. The molecule has 0 aromatic carbocycles. The zero-order chi connectivity index (χ0) is 26.9. The molecule has 0 aromatic heterocycles. The average Bonchev–Trinajstić information content (AvgIpc) is 3.14. The number of rotatable bonds is 16. The normalized spacial score (nSPS) is 38.5. The number of nitrogens with two attached hydrogens (primary N) is 2. The summed E-state index contributed by atoms with van der Waals surface area (Å²) in [6.45, 7) is 11.6. The molecule has 1 aliphatic heterocycles. The fourth-order valence-electron chi connectivity index (χ4n) is 7.10. The van der Waals surface area contributed by atoms with Crippen LogP contribution in [0.2, 0.25) is 0 Å². The molecule has 2 aliphatic carbocycles. The molecule has 6 N–H and O–H groups in total. The van der Waals surface area contributed by atoms with Crippen molar-refractivity contribution in [3.8, 4) is 0 Å². The molecule has 0 aromatic rings. The Bertz CT molecular complexity index is 725. The summed E-state index contributed by atoms with van der Waals surface area (Å²) < 4.78 is 23.1. The summed E-state index contributed by atoms with van der Waals surface area (Å²) in [5, 5.41) is 19.1. The average molecular weight is 525 g/mol. The van der Waals surface area contributed by atoms with Crippen LogP contribution in [0.3, 0.4) is 0 Å². The van der Waals surface area contributed by atoms with Crippen LogP contribution in [0.5, 0.6) is 0 Å². The Morgan fingerprint density at radius 2 is 1.95 bits per heavy atom. The third-order valence-corrected chi connectivity index (χ3v) is 9.09. The van der Waals surface area contributed by atoms with Gasteiger partial charge in [0, 0.05) is 43.5 Å². The fourth-order valence-corrected chi connectivity index (χ4v) is 7.10. The Kier molecular flexibility index (Phi) is 12.4. The monoisotopic (exact) mass is 524 g/mol. The van der Waals surface area contributed by atoms with Crippen molar-refractivity contribution in [2.75, 3.05) is 39.7 Å². The van der Waals surface area contributed by atoms with E-state index in [9.17, 15) is 5.11 Å². The zero-order valence-corrected chi connectivity index (χ0v) is 23.4. The molecule has 3 aliphatic rings. The van der Waals surface area contributed by atoms with Gasteiger partial charge in [0.05, 0.1) is 31.5 Å². The summed E-state index contributed by atoms with van der Waals surface area (Å²) in [5.74, 6) is 2.23. The molecule has 0 bridgehead atoms. The Morgan fingerprint density at radius 1 is 1.16 bits per heavy atom. The first-order chi connectivity index (χ1) is 17.8. The maximum atomic E-state index is 10.4. The maximum Gasteiger partial charge on any atom is 0.175 e. The molecule has 1 heterocycles. The molecule has 0 radical (unpaired) electrons. The Labute approximate surface area is 223 Å². The molecule has 1 saturated heterocycles. The van der Waals surface area contributed by atoms with Crippen molar-refractivity contribution in [1.29, 1.82) is 5.41 Å². The van der Waals surface area contributed by atoms with Crippen LogP contribution < -0.4 is 11.5 Å². The molecule has 3 rings (SSSR count). The van der Waals surface area contributed by atoms with E-state index in [1.807, 2.05) is 13.1 Å². The Balaban J connectivity index is 1.51. The van der Waals surface area contributed by atoms with Gasteiger partial charge < -0.3 is 40.9 Å². The summed E-state index contributed by atoms with van der Waals surface area (Å²) in [5.41, 5.74) is 12.8. The zero-order valence-electron chi connectivity index (χ0n) is 23.4. The highest BCUT2D eigenvalue weighted by Crippen LogP contribution is 2.52. The minimum absolute atomic E-state index is 0.0693. The van der Waals surface area contributed by atoms with Gasteiger partial charge in [-0.05, 0) is 62.2 Å². The van der Waals surface area contributed by atoms with Crippen molar-refractivity contribution in [2.45, 2.75) is 84.3 Å². The molecule has 0 spiro atoms. The highest BCUT2D eigenvalue weighted by molar-refractivity contribution is 5.87. The molecule has 2 saturated carbocycles. The lowest BCUT2D eigenvalue weighted by atomic mass is 9.74. The van der Waals surface area contributed by atoms with Crippen LogP contribution in [0.1, 0.15) is 59.8 Å². The van der Waals surface area contributed by atoms with E-state index >= 15 is 0 Å². The molecular weight excluding hydrogens is 472 g/mol. The van der Waals surface area contributed by atoms with E-state index in [2.05, 4.69) is 25.8 Å². The lowest BCUT2D eigenvalue weighted by Crippen LogP contribution is -2.62. The number of aliphatic hydroxyl groups is 1. The van der Waals surface area contributed by atoms with Crippen LogP contribution in [-0.2, 0) is 18.9 Å². The first-order valence-electron chi connectivity index (χ1n) is 14.5. The van der Waals surface area contributed by atoms with Gasteiger partial charge in [-0.3, -0.25) is 4.99 Å². The van der Waals surface area contributed by atoms with Crippen LogP contribution in [0, 0.1) is 46.8 Å². The van der Waals surface area contributed by atoms with Crippen LogP contribution >= 0.6 is 0 Å². The molecule has 11 atom stereocenters. The number of ether oxygens (including phenoxy) is 4. The highest BCUT2D eigenvalue weighted by atomic mass is 16.7. The molecule has 214 valence electrons. The van der Waals surface area contributed by atoms with Gasteiger partial charge >= 0.3 is 0 Å². The first kappa shape index (κ1) is 30.6. The maximum absolute atomic E-state index is 10.4. The largest absolute Gasteiger partial charge is 0.391 e. The molecule has 3 fully saturated rings. The van der Waals surface area contributed by atoms with Crippen LogP contribution in [0.4, 0.5) is 0 Å². The van der Waals surface area contributed by atoms with Crippen LogP contribution in [0.25, 0.3) is 0 Å². The lowest BCUT2D eigenvalue weighted by Gasteiger charge is -2.49. The second kappa shape index (κ2) is 15.0. The number of fused-ring (bicyclic) bond motifs is 1. The van der Waals surface area contributed by atoms with Crippen molar-refractivity contribution in [1.82, 2.24) is 0 Å². The second-order valence-corrected chi connectivity index (χ2v) is 11.2. The van der Waals surface area contributed by atoms with E-state index in [-0.39, 0.29) is 23.9 Å². The van der Waals surface area contributed by atoms with E-state index in [0.717, 1.165) is 32.1 Å². The predicted octanol–water partition coefficient (Wildman–Crippen LogP) is 2.83. The number of aliphatic imine (C=N–C) groups is 1. The second-order valence-electron chi connectivity index (χ2n) is 11.2. The molecule has 9 nitrogen and oxygen atoms in total. The number of aliphatic hydroxyl groups excluding tert-OH is 1. The van der Waals surface area contributed by atoms with E-state index in [0.29, 0.717) is 69.1 Å². The van der Waals surface area contributed by atoms with Crippen molar-refractivity contribution in [2.24, 2.45) is 57.9 Å². The van der Waals surface area contributed by atoms with E-state index in [1.165, 1.54) is 0 Å². The third kappa shape index (κ3) is 7.38. The van der Waals surface area contributed by atoms with Crippen LogP contribution in [0.15, 0.2) is 4.99 Å².